The van der Waals surface area contributed by atoms with Crippen LogP contribution in [0.15, 0.2) is 0 Å². The van der Waals surface area contributed by atoms with E-state index < -0.39 is 0 Å². The molecule has 4 heavy (non-hydrogen) atoms. The van der Waals surface area contributed by atoms with Gasteiger partial charge in [0, 0.05) is 44.8 Å². The third kappa shape index (κ3) is 8.97. The van der Waals surface area contributed by atoms with Crippen molar-refractivity contribution in [3.8, 4) is 0 Å². The molecule has 0 amide bonds. The van der Waals surface area contributed by atoms with Gasteiger partial charge in [0.1, 0.15) is 0 Å². The van der Waals surface area contributed by atoms with E-state index in [1.54, 1.807) is 0 Å². The summed E-state index contributed by atoms with van der Waals surface area (Å²) in [5.74, 6) is 0. The van der Waals surface area contributed by atoms with Gasteiger partial charge < -0.3 is 0 Å². The Labute approximate surface area is 69.4 Å². The molecule has 0 aromatic carbocycles. The predicted molar refractivity (Wildman–Crippen MR) is 16.7 cm³/mol. The first-order valence-electron chi connectivity index (χ1n) is 0. The normalized spacial score (nSPS) is 0. The van der Waals surface area contributed by atoms with E-state index in [1.807, 2.05) is 0 Å². The van der Waals surface area contributed by atoms with Crippen LogP contribution in [0.4, 0.5) is 0 Å². The zero-order valence-electron chi connectivity index (χ0n) is 1.31. The summed E-state index contributed by atoms with van der Waals surface area (Å²) in [5, 5.41) is 0. The Bertz CT molecular complexity index is 6.00. The third-order valence-electron chi connectivity index (χ3n) is 0. The molecule has 0 aliphatic rings. The maximum absolute atomic E-state index is 0. The first-order chi connectivity index (χ1) is 0. The van der Waals surface area contributed by atoms with Gasteiger partial charge in [0.2, 0.25) is 0 Å². The van der Waals surface area contributed by atoms with Crippen LogP contribution >= 0.6 is 0 Å². The van der Waals surface area contributed by atoms with Crippen molar-refractivity contribution >= 4 is 18.0 Å². The van der Waals surface area contributed by atoms with Crippen molar-refractivity contribution in [2.24, 2.45) is 0 Å². The monoisotopic (exact) mass is 308 g/mol. The Morgan fingerprint density at radius 2 is 0.750 bits per heavy atom. The van der Waals surface area contributed by atoms with E-state index in [9.17, 15) is 0 Å². The minimum atomic E-state index is 0. The summed E-state index contributed by atoms with van der Waals surface area (Å²) >= 11 is 0. The maximum atomic E-state index is 0. The Morgan fingerprint density at radius 3 is 0.750 bits per heavy atom. The third-order valence-corrected chi connectivity index (χ3v) is 0. The molecule has 1 unspecified atom stereocenters. The molecule has 0 aromatic heterocycles. The molecule has 0 aromatic rings. The van der Waals surface area contributed by atoms with Gasteiger partial charge in [-0.2, -0.15) is 0 Å². The molecule has 0 N–H and O–H groups in total. The summed E-state index contributed by atoms with van der Waals surface area (Å²) in [5.41, 5.74) is 0. The quantitative estimate of drug-likeness (QED) is 0.527. The van der Waals surface area contributed by atoms with E-state index in [4.69, 9.17) is 0 Å². The summed E-state index contributed by atoms with van der Waals surface area (Å²) in [7, 11) is 0. The van der Waals surface area contributed by atoms with Gasteiger partial charge in [0.05, 0.1) is 0 Å². The van der Waals surface area contributed by atoms with Crippen LogP contribution in [0, 0.1) is 0 Å². The number of rotatable bonds is 0. The summed E-state index contributed by atoms with van der Waals surface area (Å²) in [6.07, 6.45) is 0. The molecule has 0 aliphatic heterocycles. The molecule has 0 bridgehead atoms. The fourth-order valence-corrected chi connectivity index (χ4v) is 0. The van der Waals surface area contributed by atoms with E-state index >= 15 is 0 Å². The SMILES string of the molecule is C.[Ag].[Ag].[AsH3]. The molecule has 0 spiro atoms. The fraction of sp³-hybridized carbons (Fsp3) is 1.00. The fourth-order valence-electron chi connectivity index (χ4n) is 0. The molecule has 0 fully saturated rings. The van der Waals surface area contributed by atoms with Gasteiger partial charge in [-0.15, -0.1) is 0 Å². The predicted octanol–water partition coefficient (Wildman–Crippen LogP) is -0.553. The molecule has 0 rings (SSSR count). The van der Waals surface area contributed by atoms with Crippen LogP contribution in [-0.4, -0.2) is 18.0 Å². The zero-order valence-corrected chi connectivity index (χ0v) is 7.24. The van der Waals surface area contributed by atoms with Crippen molar-refractivity contribution in [2.75, 3.05) is 0 Å². The topological polar surface area (TPSA) is 0 Å². The molecule has 38 valence electrons. The Balaban J connectivity index is 0. The van der Waals surface area contributed by atoms with Crippen LogP contribution in [0.5, 0.6) is 0 Å². The minimum absolute atomic E-state index is 0. The standard InChI is InChI=1S/CH4.2Ag.AsH3/h1H4;;;1H3. The molecule has 2 radical (unpaired) electrons. The van der Waals surface area contributed by atoms with Gasteiger partial charge in [-0.1, -0.05) is 7.43 Å². The van der Waals surface area contributed by atoms with Gasteiger partial charge >= 0.3 is 18.0 Å². The van der Waals surface area contributed by atoms with Crippen molar-refractivity contribution in [3.63, 3.8) is 0 Å². The molecular weight excluding hydrogens is 303 g/mol. The molecule has 0 saturated carbocycles. The van der Waals surface area contributed by atoms with E-state index in [-0.39, 0.29) is 70.1 Å². The second-order valence-corrected chi connectivity index (χ2v) is 0. The summed E-state index contributed by atoms with van der Waals surface area (Å²) in [6, 6.07) is 0. The van der Waals surface area contributed by atoms with Crippen molar-refractivity contribution in [1.29, 1.82) is 0 Å². The van der Waals surface area contributed by atoms with E-state index in [2.05, 4.69) is 0 Å². The number of hydrogen-bond acceptors (Lipinski definition) is 0. The van der Waals surface area contributed by atoms with E-state index in [1.165, 1.54) is 0 Å². The second kappa shape index (κ2) is 19.8. The van der Waals surface area contributed by atoms with Crippen LogP contribution in [0.2, 0.25) is 0 Å². The Kier molecular flexibility index (Phi) is 182. The van der Waals surface area contributed by atoms with Gasteiger partial charge in [-0.25, -0.2) is 0 Å². The molecule has 1 atom stereocenters. The average molecular weight is 310 g/mol. The number of hydrogen-bond donors (Lipinski definition) is 0. The summed E-state index contributed by atoms with van der Waals surface area (Å²) in [4.78, 5) is 0. The molecular formula is CH7Ag2As. The second-order valence-electron chi connectivity index (χ2n) is 0. The van der Waals surface area contributed by atoms with Gasteiger partial charge in [0.15, 0.2) is 0 Å². The van der Waals surface area contributed by atoms with Crippen molar-refractivity contribution in [2.45, 2.75) is 7.43 Å². The molecule has 0 nitrogen and oxygen atoms in total. The Hall–Kier alpha value is 2.04. The van der Waals surface area contributed by atoms with E-state index in [0.29, 0.717) is 0 Å². The van der Waals surface area contributed by atoms with Crippen LogP contribution < -0.4 is 0 Å². The van der Waals surface area contributed by atoms with Gasteiger partial charge in [-0.3, -0.25) is 0 Å². The molecule has 0 heterocycles. The zero-order chi connectivity index (χ0) is 0. The average Bonchev–Trinajstić information content (AvgIpc) is 0. The van der Waals surface area contributed by atoms with Crippen LogP contribution in [-0.2, 0) is 44.8 Å². The van der Waals surface area contributed by atoms with Gasteiger partial charge in [0.25, 0.3) is 0 Å². The first-order valence-corrected chi connectivity index (χ1v) is 0. The first kappa shape index (κ1) is 36.9. The summed E-state index contributed by atoms with van der Waals surface area (Å²) < 4.78 is 0. The van der Waals surface area contributed by atoms with Crippen molar-refractivity contribution < 1.29 is 44.8 Å². The van der Waals surface area contributed by atoms with Crippen molar-refractivity contribution in [1.82, 2.24) is 0 Å². The van der Waals surface area contributed by atoms with E-state index in [0.717, 1.165) is 0 Å². The van der Waals surface area contributed by atoms with Crippen LogP contribution in [0.1, 0.15) is 7.43 Å². The molecule has 0 aliphatic carbocycles. The van der Waals surface area contributed by atoms with Crippen molar-refractivity contribution in [3.05, 3.63) is 0 Å². The van der Waals surface area contributed by atoms with Crippen LogP contribution in [0.3, 0.4) is 0 Å². The van der Waals surface area contributed by atoms with Gasteiger partial charge in [-0.05, 0) is 0 Å². The molecule has 0 saturated heterocycles. The molecule has 3 heteroatoms. The Morgan fingerprint density at radius 1 is 0.750 bits per heavy atom. The van der Waals surface area contributed by atoms with Crippen LogP contribution in [0.25, 0.3) is 0 Å². The summed E-state index contributed by atoms with van der Waals surface area (Å²) in [6.45, 7) is 0.